The normalized spacial score (nSPS) is 25.0. The Morgan fingerprint density at radius 2 is 2.00 bits per heavy atom. The minimum absolute atomic E-state index is 0.00189. The van der Waals surface area contributed by atoms with E-state index in [4.69, 9.17) is 14.7 Å². The van der Waals surface area contributed by atoms with Gasteiger partial charge in [0.1, 0.15) is 11.7 Å². The van der Waals surface area contributed by atoms with E-state index in [2.05, 4.69) is 0 Å². The fourth-order valence-electron chi connectivity index (χ4n) is 2.63. The molecule has 0 aromatic carbocycles. The van der Waals surface area contributed by atoms with Crippen molar-refractivity contribution in [3.8, 4) is 6.07 Å². The first kappa shape index (κ1) is 17.6. The maximum Gasteiger partial charge on any atom is 0.309 e. The fourth-order valence-corrected chi connectivity index (χ4v) is 2.63. The molecular formula is C16H25NO4. The van der Waals surface area contributed by atoms with Gasteiger partial charge in [-0.1, -0.05) is 13.8 Å². The number of nitrogens with zero attached hydrogens (tertiary/aromatic N) is 1. The molecule has 5 heteroatoms. The van der Waals surface area contributed by atoms with E-state index in [1.165, 1.54) is 0 Å². The standard InChI is InChI=1S/C16H25NO4/c1-10(15(19)21-16(3,4)5)6-12(14(18)7-17)13-9-20-8-11(13)2/h10-13H,6,8-9H2,1-5H3/t10-,11+,12+,13-/m1/s1. The van der Waals surface area contributed by atoms with Gasteiger partial charge < -0.3 is 9.47 Å². The Morgan fingerprint density at radius 1 is 1.38 bits per heavy atom. The van der Waals surface area contributed by atoms with E-state index in [0.717, 1.165) is 0 Å². The van der Waals surface area contributed by atoms with Gasteiger partial charge in [-0.05, 0) is 39.0 Å². The lowest BCUT2D eigenvalue weighted by molar-refractivity contribution is -0.160. The molecular weight excluding hydrogens is 270 g/mol. The van der Waals surface area contributed by atoms with Crippen LogP contribution in [0.25, 0.3) is 0 Å². The molecule has 0 N–H and O–H groups in total. The lowest BCUT2D eigenvalue weighted by Crippen LogP contribution is -2.33. The van der Waals surface area contributed by atoms with Crippen LogP contribution in [0.5, 0.6) is 0 Å². The fraction of sp³-hybridized carbons (Fsp3) is 0.812. The van der Waals surface area contributed by atoms with E-state index < -0.39 is 23.2 Å². The summed E-state index contributed by atoms with van der Waals surface area (Å²) in [6, 6.07) is 1.71. The van der Waals surface area contributed by atoms with Crippen LogP contribution < -0.4 is 0 Å². The van der Waals surface area contributed by atoms with E-state index in [-0.39, 0.29) is 17.8 Å². The molecule has 0 aromatic rings. The zero-order chi connectivity index (χ0) is 16.2. The molecule has 0 aromatic heterocycles. The van der Waals surface area contributed by atoms with E-state index in [0.29, 0.717) is 19.6 Å². The highest BCUT2D eigenvalue weighted by Gasteiger charge is 2.38. The highest BCUT2D eigenvalue weighted by atomic mass is 16.6. The summed E-state index contributed by atoms with van der Waals surface area (Å²) >= 11 is 0. The van der Waals surface area contributed by atoms with Gasteiger partial charge in [0.2, 0.25) is 5.78 Å². The molecule has 0 bridgehead atoms. The largest absolute Gasteiger partial charge is 0.460 e. The van der Waals surface area contributed by atoms with Crippen molar-refractivity contribution in [3.05, 3.63) is 0 Å². The molecule has 0 spiro atoms. The minimum Gasteiger partial charge on any atom is -0.460 e. The summed E-state index contributed by atoms with van der Waals surface area (Å²) < 4.78 is 10.7. The SMILES string of the molecule is C[C@H](C[C@H](C(=O)C#N)[C@@H]1COC[C@@H]1C)C(=O)OC(C)(C)C. The first-order valence-corrected chi connectivity index (χ1v) is 7.40. The number of carbonyl (C=O) groups is 2. The van der Waals surface area contributed by atoms with Gasteiger partial charge in [-0.3, -0.25) is 9.59 Å². The number of rotatable bonds is 5. The Bertz CT molecular complexity index is 433. The molecule has 0 aliphatic carbocycles. The number of carbonyl (C=O) groups excluding carboxylic acids is 2. The van der Waals surface area contributed by atoms with Crippen LogP contribution in [0.1, 0.15) is 41.0 Å². The molecule has 0 unspecified atom stereocenters. The monoisotopic (exact) mass is 295 g/mol. The highest BCUT2D eigenvalue weighted by Crippen LogP contribution is 2.33. The predicted octanol–water partition coefficient (Wildman–Crippen LogP) is 2.35. The topological polar surface area (TPSA) is 76.4 Å². The summed E-state index contributed by atoms with van der Waals surface area (Å²) in [5.74, 6) is -1.45. The Labute approximate surface area is 126 Å². The van der Waals surface area contributed by atoms with Gasteiger partial charge in [-0.25, -0.2) is 0 Å². The van der Waals surface area contributed by atoms with Crippen molar-refractivity contribution in [1.29, 1.82) is 5.26 Å². The third-order valence-electron chi connectivity index (χ3n) is 3.80. The Hall–Kier alpha value is -1.41. The van der Waals surface area contributed by atoms with Crippen molar-refractivity contribution in [2.75, 3.05) is 13.2 Å². The van der Waals surface area contributed by atoms with Crippen LogP contribution in [0.3, 0.4) is 0 Å². The van der Waals surface area contributed by atoms with Crippen molar-refractivity contribution in [1.82, 2.24) is 0 Å². The van der Waals surface area contributed by atoms with Crippen LogP contribution in [-0.2, 0) is 19.1 Å². The van der Waals surface area contributed by atoms with Crippen LogP contribution in [-0.4, -0.2) is 30.6 Å². The highest BCUT2D eigenvalue weighted by molar-refractivity contribution is 5.95. The number of hydrogen-bond acceptors (Lipinski definition) is 5. The lowest BCUT2D eigenvalue weighted by atomic mass is 9.78. The molecule has 21 heavy (non-hydrogen) atoms. The molecule has 0 saturated carbocycles. The van der Waals surface area contributed by atoms with Gasteiger partial charge in [-0.15, -0.1) is 0 Å². The summed E-state index contributed by atoms with van der Waals surface area (Å²) in [5, 5.41) is 8.93. The molecule has 1 aliphatic rings. The van der Waals surface area contributed by atoms with E-state index >= 15 is 0 Å². The van der Waals surface area contributed by atoms with Crippen LogP contribution in [0.4, 0.5) is 0 Å². The van der Waals surface area contributed by atoms with Gasteiger partial charge in [0, 0.05) is 12.5 Å². The molecule has 4 atom stereocenters. The second-order valence-corrected chi connectivity index (χ2v) is 6.93. The number of nitriles is 1. The van der Waals surface area contributed by atoms with Crippen molar-refractivity contribution in [3.63, 3.8) is 0 Å². The van der Waals surface area contributed by atoms with E-state index in [9.17, 15) is 9.59 Å². The van der Waals surface area contributed by atoms with Crippen LogP contribution in [0, 0.1) is 35.0 Å². The Morgan fingerprint density at radius 3 is 2.43 bits per heavy atom. The van der Waals surface area contributed by atoms with Gasteiger partial charge in [0.25, 0.3) is 0 Å². The molecule has 0 radical (unpaired) electrons. The zero-order valence-corrected chi connectivity index (χ0v) is 13.5. The average molecular weight is 295 g/mol. The second kappa shape index (κ2) is 7.04. The number of hydrogen-bond donors (Lipinski definition) is 0. The van der Waals surface area contributed by atoms with Crippen LogP contribution in [0.15, 0.2) is 0 Å². The number of ketones is 1. The maximum atomic E-state index is 12.1. The molecule has 1 rings (SSSR count). The van der Waals surface area contributed by atoms with Crippen molar-refractivity contribution >= 4 is 11.8 Å². The molecule has 118 valence electrons. The summed E-state index contributed by atoms with van der Waals surface area (Å²) in [7, 11) is 0. The second-order valence-electron chi connectivity index (χ2n) is 6.93. The summed E-state index contributed by atoms with van der Waals surface area (Å²) in [6.45, 7) is 10.2. The van der Waals surface area contributed by atoms with Crippen molar-refractivity contribution in [2.24, 2.45) is 23.7 Å². The van der Waals surface area contributed by atoms with E-state index in [1.807, 2.05) is 27.7 Å². The van der Waals surface area contributed by atoms with Gasteiger partial charge in [0.15, 0.2) is 0 Å². The maximum absolute atomic E-state index is 12.1. The first-order chi connectivity index (χ1) is 9.65. The predicted molar refractivity (Wildman–Crippen MR) is 77.2 cm³/mol. The quantitative estimate of drug-likeness (QED) is 0.575. The molecule has 0 amide bonds. The zero-order valence-electron chi connectivity index (χ0n) is 13.5. The Balaban J connectivity index is 2.75. The van der Waals surface area contributed by atoms with E-state index in [1.54, 1.807) is 13.0 Å². The molecule has 1 fully saturated rings. The molecule has 1 heterocycles. The average Bonchev–Trinajstić information content (AvgIpc) is 2.78. The summed E-state index contributed by atoms with van der Waals surface area (Å²) in [6.07, 6.45) is 0.333. The van der Waals surface area contributed by atoms with Gasteiger partial charge in [0.05, 0.1) is 12.5 Å². The summed E-state index contributed by atoms with van der Waals surface area (Å²) in [5.41, 5.74) is -0.552. The van der Waals surface area contributed by atoms with Crippen LogP contribution >= 0.6 is 0 Å². The van der Waals surface area contributed by atoms with Crippen molar-refractivity contribution < 1.29 is 19.1 Å². The van der Waals surface area contributed by atoms with Gasteiger partial charge in [-0.2, -0.15) is 5.26 Å². The third-order valence-corrected chi connectivity index (χ3v) is 3.80. The molecule has 5 nitrogen and oxygen atoms in total. The molecule has 1 saturated heterocycles. The Kier molecular flexibility index (Phi) is 5.91. The number of ether oxygens (including phenoxy) is 2. The number of esters is 1. The lowest BCUT2D eigenvalue weighted by Gasteiger charge is -2.26. The summed E-state index contributed by atoms with van der Waals surface area (Å²) in [4.78, 5) is 24.0. The first-order valence-electron chi connectivity index (χ1n) is 7.40. The molecule has 1 aliphatic heterocycles. The smallest absolute Gasteiger partial charge is 0.309 e. The number of Topliss-reactive ketones (excluding diaryl/α,β-unsaturated/α-hetero) is 1. The minimum atomic E-state index is -0.552. The van der Waals surface area contributed by atoms with Crippen molar-refractivity contribution in [2.45, 2.75) is 46.6 Å². The van der Waals surface area contributed by atoms with Crippen LogP contribution in [0.2, 0.25) is 0 Å². The third kappa shape index (κ3) is 5.13. The van der Waals surface area contributed by atoms with Gasteiger partial charge >= 0.3 is 5.97 Å².